The van der Waals surface area contributed by atoms with E-state index in [0.717, 1.165) is 5.56 Å². The lowest BCUT2D eigenvalue weighted by molar-refractivity contribution is -0.157. The van der Waals surface area contributed by atoms with Crippen LogP contribution in [-0.4, -0.2) is 24.2 Å². The van der Waals surface area contributed by atoms with Crippen molar-refractivity contribution in [3.63, 3.8) is 0 Å². The highest BCUT2D eigenvalue weighted by atomic mass is 16.6. The predicted octanol–water partition coefficient (Wildman–Crippen LogP) is 2.44. The molecule has 1 unspecified atom stereocenters. The van der Waals surface area contributed by atoms with Gasteiger partial charge in [0, 0.05) is 13.0 Å². The molecule has 108 valence electrons. The number of esters is 1. The number of carbonyl (C=O) groups is 1. The van der Waals surface area contributed by atoms with Crippen LogP contribution < -0.4 is 5.32 Å². The second kappa shape index (κ2) is 7.66. The van der Waals surface area contributed by atoms with E-state index in [1.807, 2.05) is 51.1 Å². The molecule has 0 aliphatic carbocycles. The Kier molecular flexibility index (Phi) is 6.20. The molecule has 0 aromatic heterocycles. The summed E-state index contributed by atoms with van der Waals surface area (Å²) in [6, 6.07) is 11.4. The number of nitriles is 1. The molecule has 0 amide bonds. The summed E-state index contributed by atoms with van der Waals surface area (Å²) in [7, 11) is 0. The molecule has 0 saturated carbocycles. The van der Waals surface area contributed by atoms with Gasteiger partial charge in [-0.15, -0.1) is 0 Å². The van der Waals surface area contributed by atoms with Crippen LogP contribution in [-0.2, 0) is 16.0 Å². The SMILES string of the molecule is CC(C)(C)OC(=O)C(Cc1ccccc1)NCCC#N. The van der Waals surface area contributed by atoms with Gasteiger partial charge in [0.15, 0.2) is 0 Å². The lowest BCUT2D eigenvalue weighted by atomic mass is 10.1. The Morgan fingerprint density at radius 2 is 2.00 bits per heavy atom. The Morgan fingerprint density at radius 3 is 2.55 bits per heavy atom. The van der Waals surface area contributed by atoms with E-state index in [-0.39, 0.29) is 5.97 Å². The van der Waals surface area contributed by atoms with Gasteiger partial charge in [-0.05, 0) is 32.8 Å². The molecule has 0 saturated heterocycles. The van der Waals surface area contributed by atoms with Gasteiger partial charge in [0.05, 0.1) is 6.07 Å². The van der Waals surface area contributed by atoms with Crippen molar-refractivity contribution in [3.8, 4) is 6.07 Å². The van der Waals surface area contributed by atoms with Crippen molar-refractivity contribution in [2.24, 2.45) is 0 Å². The Bertz CT molecular complexity index is 458. The standard InChI is InChI=1S/C16H22N2O2/c1-16(2,3)20-15(19)14(18-11-7-10-17)12-13-8-5-4-6-9-13/h4-6,8-9,14,18H,7,11-12H2,1-3H3. The summed E-state index contributed by atoms with van der Waals surface area (Å²) in [5.41, 5.74) is 0.552. The molecular weight excluding hydrogens is 252 g/mol. The maximum Gasteiger partial charge on any atom is 0.323 e. The minimum atomic E-state index is -0.511. The van der Waals surface area contributed by atoms with E-state index in [4.69, 9.17) is 10.00 Å². The number of hydrogen-bond donors (Lipinski definition) is 1. The van der Waals surface area contributed by atoms with E-state index < -0.39 is 11.6 Å². The molecule has 0 radical (unpaired) electrons. The van der Waals surface area contributed by atoms with E-state index in [1.165, 1.54) is 0 Å². The van der Waals surface area contributed by atoms with Crippen molar-refractivity contribution >= 4 is 5.97 Å². The molecule has 1 atom stereocenters. The minimum Gasteiger partial charge on any atom is -0.459 e. The smallest absolute Gasteiger partial charge is 0.323 e. The average molecular weight is 274 g/mol. The van der Waals surface area contributed by atoms with Crippen molar-refractivity contribution in [1.29, 1.82) is 5.26 Å². The van der Waals surface area contributed by atoms with Crippen molar-refractivity contribution in [2.75, 3.05) is 6.54 Å². The second-order valence-corrected chi connectivity index (χ2v) is 5.64. The Hall–Kier alpha value is -1.86. The third-order valence-electron chi connectivity index (χ3n) is 2.60. The Balaban J connectivity index is 2.69. The number of hydrogen-bond acceptors (Lipinski definition) is 4. The molecular formula is C16H22N2O2. The van der Waals surface area contributed by atoms with Gasteiger partial charge < -0.3 is 10.1 Å². The highest BCUT2D eigenvalue weighted by molar-refractivity contribution is 5.76. The van der Waals surface area contributed by atoms with Crippen LogP contribution in [0.2, 0.25) is 0 Å². The fraction of sp³-hybridized carbons (Fsp3) is 0.500. The zero-order valence-electron chi connectivity index (χ0n) is 12.3. The average Bonchev–Trinajstić information content (AvgIpc) is 2.37. The first-order valence-electron chi connectivity index (χ1n) is 6.79. The number of rotatable bonds is 6. The number of ether oxygens (including phenoxy) is 1. The van der Waals surface area contributed by atoms with Gasteiger partial charge >= 0.3 is 5.97 Å². The van der Waals surface area contributed by atoms with Gasteiger partial charge in [-0.3, -0.25) is 4.79 Å². The van der Waals surface area contributed by atoms with Crippen molar-refractivity contribution in [1.82, 2.24) is 5.32 Å². The van der Waals surface area contributed by atoms with E-state index in [2.05, 4.69) is 11.4 Å². The van der Waals surface area contributed by atoms with Crippen LogP contribution in [0.1, 0.15) is 32.8 Å². The third kappa shape index (κ3) is 6.35. The van der Waals surface area contributed by atoms with E-state index in [9.17, 15) is 4.79 Å². The summed E-state index contributed by atoms with van der Waals surface area (Å²) in [6.07, 6.45) is 0.926. The molecule has 0 heterocycles. The van der Waals surface area contributed by atoms with Crippen LogP contribution in [0.25, 0.3) is 0 Å². The highest BCUT2D eigenvalue weighted by Crippen LogP contribution is 2.11. The van der Waals surface area contributed by atoms with Crippen LogP contribution in [0.15, 0.2) is 30.3 Å². The first-order valence-corrected chi connectivity index (χ1v) is 6.79. The highest BCUT2D eigenvalue weighted by Gasteiger charge is 2.24. The number of nitrogens with one attached hydrogen (secondary N) is 1. The van der Waals surface area contributed by atoms with Gasteiger partial charge in [-0.25, -0.2) is 0 Å². The molecule has 0 spiro atoms. The first kappa shape index (κ1) is 16.2. The van der Waals surface area contributed by atoms with Crippen LogP contribution in [0.5, 0.6) is 0 Å². The zero-order valence-corrected chi connectivity index (χ0v) is 12.3. The third-order valence-corrected chi connectivity index (χ3v) is 2.60. The Labute approximate surface area is 120 Å². The molecule has 1 rings (SSSR count). The fourth-order valence-electron chi connectivity index (χ4n) is 1.76. The van der Waals surface area contributed by atoms with Crippen LogP contribution in [0.3, 0.4) is 0 Å². The molecule has 1 aromatic carbocycles. The van der Waals surface area contributed by atoms with Crippen molar-refractivity contribution < 1.29 is 9.53 Å². The van der Waals surface area contributed by atoms with Crippen LogP contribution in [0, 0.1) is 11.3 Å². The molecule has 20 heavy (non-hydrogen) atoms. The zero-order chi connectivity index (χ0) is 15.0. The van der Waals surface area contributed by atoms with Crippen molar-refractivity contribution in [2.45, 2.75) is 45.3 Å². The lowest BCUT2D eigenvalue weighted by Gasteiger charge is -2.24. The van der Waals surface area contributed by atoms with Gasteiger partial charge in [0.1, 0.15) is 11.6 Å². The molecule has 4 heteroatoms. The summed E-state index contributed by atoms with van der Waals surface area (Å²) >= 11 is 0. The largest absolute Gasteiger partial charge is 0.459 e. The van der Waals surface area contributed by atoms with Crippen LogP contribution in [0.4, 0.5) is 0 Å². The van der Waals surface area contributed by atoms with Gasteiger partial charge in [0.25, 0.3) is 0 Å². The molecule has 0 bridgehead atoms. The molecule has 1 aromatic rings. The monoisotopic (exact) mass is 274 g/mol. The van der Waals surface area contributed by atoms with Gasteiger partial charge in [-0.1, -0.05) is 30.3 Å². The van der Waals surface area contributed by atoms with E-state index in [0.29, 0.717) is 19.4 Å². The quantitative estimate of drug-likeness (QED) is 0.639. The second-order valence-electron chi connectivity index (χ2n) is 5.64. The molecule has 1 N–H and O–H groups in total. The topological polar surface area (TPSA) is 62.1 Å². The molecule has 0 aliphatic heterocycles. The molecule has 0 fully saturated rings. The summed E-state index contributed by atoms with van der Waals surface area (Å²) in [6.45, 7) is 6.02. The van der Waals surface area contributed by atoms with E-state index in [1.54, 1.807) is 0 Å². The number of nitrogens with zero attached hydrogens (tertiary/aromatic N) is 1. The van der Waals surface area contributed by atoms with Crippen molar-refractivity contribution in [3.05, 3.63) is 35.9 Å². The Morgan fingerprint density at radius 1 is 1.35 bits per heavy atom. The molecule has 4 nitrogen and oxygen atoms in total. The van der Waals surface area contributed by atoms with Gasteiger partial charge in [-0.2, -0.15) is 5.26 Å². The van der Waals surface area contributed by atoms with E-state index >= 15 is 0 Å². The normalized spacial score (nSPS) is 12.5. The minimum absolute atomic E-state index is 0.278. The lowest BCUT2D eigenvalue weighted by Crippen LogP contribution is -2.43. The first-order chi connectivity index (χ1) is 9.42. The summed E-state index contributed by atoms with van der Waals surface area (Å²) < 4.78 is 5.42. The maximum absolute atomic E-state index is 12.2. The fourth-order valence-corrected chi connectivity index (χ4v) is 1.76. The maximum atomic E-state index is 12.2. The summed E-state index contributed by atoms with van der Waals surface area (Å²) in [5.74, 6) is -0.278. The summed E-state index contributed by atoms with van der Waals surface area (Å²) in [5, 5.41) is 11.7. The number of benzene rings is 1. The molecule has 0 aliphatic rings. The van der Waals surface area contributed by atoms with Crippen LogP contribution >= 0.6 is 0 Å². The summed E-state index contributed by atoms with van der Waals surface area (Å²) in [4.78, 5) is 12.2. The van der Waals surface area contributed by atoms with Gasteiger partial charge in [0.2, 0.25) is 0 Å². The number of carbonyl (C=O) groups excluding carboxylic acids is 1. The predicted molar refractivity (Wildman–Crippen MR) is 78.0 cm³/mol.